The normalized spacial score (nSPS) is 20.2. The van der Waals surface area contributed by atoms with Crippen molar-refractivity contribution in [2.45, 2.75) is 69.7 Å². The van der Waals surface area contributed by atoms with Crippen LogP contribution in [0.15, 0.2) is 65.6 Å². The number of sulfonamides is 1. The molecule has 0 aliphatic carbocycles. The number of methoxy groups -OCH3 is 1. The number of aliphatic hydroxyl groups is 1. The van der Waals surface area contributed by atoms with Crippen molar-refractivity contribution in [3.8, 4) is 11.5 Å². The maximum atomic E-state index is 14.4. The Kier molecular flexibility index (Phi) is 14.0. The lowest BCUT2D eigenvalue weighted by atomic mass is 10.0. The van der Waals surface area contributed by atoms with Crippen molar-refractivity contribution in [2.24, 2.45) is 5.92 Å². The molecule has 13 heteroatoms. The number of nitrogens with zero attached hydrogens (tertiary/aromatic N) is 2. The van der Waals surface area contributed by atoms with Crippen LogP contribution in [-0.2, 0) is 21.3 Å². The standard InChI is InChI=1S/C36H47Cl2N3O7S/c1-24-20-41(25(2)23-42)36(43)31-19-28(39-49(44,45)30-13-11-29(46-5)12-14-30)10-16-34(31)48-26(3)8-6-7-17-47-35(24)22-40(4)21-27-9-15-32(37)33(38)18-27/h9-16,18-19,24-26,35,39,42H,6-8,17,20-23H2,1-5H3/t24-,25+,26+,35+/m0/s1. The van der Waals surface area contributed by atoms with Crippen LogP contribution in [0.1, 0.15) is 56.0 Å². The number of halogens is 2. The van der Waals surface area contributed by atoms with Gasteiger partial charge in [0.25, 0.3) is 15.9 Å². The summed E-state index contributed by atoms with van der Waals surface area (Å²) in [6.45, 7) is 7.53. The molecule has 0 unspecified atom stereocenters. The highest BCUT2D eigenvalue weighted by Gasteiger charge is 2.31. The fourth-order valence-electron chi connectivity index (χ4n) is 5.74. The highest BCUT2D eigenvalue weighted by molar-refractivity contribution is 7.92. The third-order valence-corrected chi connectivity index (χ3v) is 10.7. The molecule has 3 aromatic rings. The third kappa shape index (κ3) is 10.7. The Bertz CT molecular complexity index is 1660. The molecule has 1 aliphatic heterocycles. The number of benzene rings is 3. The Morgan fingerprint density at radius 1 is 1.06 bits per heavy atom. The van der Waals surface area contributed by atoms with Crippen molar-refractivity contribution in [1.29, 1.82) is 0 Å². The van der Waals surface area contributed by atoms with Crippen LogP contribution in [0.25, 0.3) is 0 Å². The van der Waals surface area contributed by atoms with Gasteiger partial charge in [-0.1, -0.05) is 36.2 Å². The third-order valence-electron chi connectivity index (χ3n) is 8.60. The first-order valence-electron chi connectivity index (χ1n) is 16.4. The SMILES string of the molecule is COc1ccc(S(=O)(=O)Nc2ccc3c(c2)C(=O)N([C@H](C)CO)C[C@H](C)[C@@H](CN(C)Cc2ccc(Cl)c(Cl)c2)OCCCC[C@@H](C)O3)cc1. The van der Waals surface area contributed by atoms with Crippen LogP contribution in [-0.4, -0.2) is 87.9 Å². The Morgan fingerprint density at radius 2 is 1.80 bits per heavy atom. The Labute approximate surface area is 300 Å². The number of carbonyl (C=O) groups excluding carboxylic acids is 1. The fraction of sp³-hybridized carbons (Fsp3) is 0.472. The van der Waals surface area contributed by atoms with Crippen molar-refractivity contribution < 1.29 is 32.5 Å². The maximum absolute atomic E-state index is 14.4. The van der Waals surface area contributed by atoms with Gasteiger partial charge in [-0.2, -0.15) is 0 Å². The molecule has 268 valence electrons. The van der Waals surface area contributed by atoms with E-state index in [4.69, 9.17) is 37.4 Å². The van der Waals surface area contributed by atoms with E-state index in [9.17, 15) is 18.3 Å². The smallest absolute Gasteiger partial charge is 0.261 e. The second-order valence-corrected chi connectivity index (χ2v) is 15.2. The van der Waals surface area contributed by atoms with E-state index in [0.29, 0.717) is 41.2 Å². The number of aliphatic hydroxyl groups excluding tert-OH is 1. The molecule has 10 nitrogen and oxygen atoms in total. The number of carbonyl (C=O) groups is 1. The molecular formula is C36H47Cl2N3O7S. The summed E-state index contributed by atoms with van der Waals surface area (Å²) in [5, 5.41) is 11.3. The second kappa shape index (κ2) is 17.7. The van der Waals surface area contributed by atoms with Gasteiger partial charge in [-0.3, -0.25) is 14.4 Å². The number of likely N-dealkylation sites (N-methyl/N-ethyl adjacent to an activating group) is 1. The number of hydrogen-bond acceptors (Lipinski definition) is 8. The van der Waals surface area contributed by atoms with Crippen molar-refractivity contribution in [2.75, 3.05) is 45.2 Å². The van der Waals surface area contributed by atoms with E-state index in [1.165, 1.54) is 25.3 Å². The number of anilines is 1. The van der Waals surface area contributed by atoms with Crippen molar-refractivity contribution >= 4 is 44.8 Å². The summed E-state index contributed by atoms with van der Waals surface area (Å²) >= 11 is 12.4. The molecule has 0 fully saturated rings. The largest absolute Gasteiger partial charge is 0.497 e. The molecule has 1 heterocycles. The number of amides is 1. The molecule has 4 rings (SSSR count). The first kappa shape index (κ1) is 38.7. The Balaban J connectivity index is 1.63. The van der Waals surface area contributed by atoms with E-state index < -0.39 is 16.1 Å². The Morgan fingerprint density at radius 3 is 2.47 bits per heavy atom. The second-order valence-electron chi connectivity index (χ2n) is 12.7. The summed E-state index contributed by atoms with van der Waals surface area (Å²) in [5.41, 5.74) is 1.41. The average Bonchev–Trinajstić information content (AvgIpc) is 3.07. The lowest BCUT2D eigenvalue weighted by Gasteiger charge is -2.36. The van der Waals surface area contributed by atoms with Gasteiger partial charge in [0.2, 0.25) is 0 Å². The monoisotopic (exact) mass is 735 g/mol. The molecule has 0 aromatic heterocycles. The van der Waals surface area contributed by atoms with Gasteiger partial charge in [-0.25, -0.2) is 8.42 Å². The molecule has 0 spiro atoms. The summed E-state index contributed by atoms with van der Waals surface area (Å²) in [6.07, 6.45) is 1.98. The highest BCUT2D eigenvalue weighted by atomic mass is 35.5. The lowest BCUT2D eigenvalue weighted by molar-refractivity contribution is -0.0177. The predicted octanol–water partition coefficient (Wildman–Crippen LogP) is 6.73. The van der Waals surface area contributed by atoms with Crippen molar-refractivity contribution in [3.63, 3.8) is 0 Å². The minimum Gasteiger partial charge on any atom is -0.497 e. The van der Waals surface area contributed by atoms with E-state index in [1.807, 2.05) is 33.0 Å². The van der Waals surface area contributed by atoms with Crippen LogP contribution in [0.4, 0.5) is 5.69 Å². The average molecular weight is 737 g/mol. The molecule has 0 saturated heterocycles. The van der Waals surface area contributed by atoms with E-state index in [0.717, 1.165) is 24.8 Å². The summed E-state index contributed by atoms with van der Waals surface area (Å²) in [5.74, 6) is 0.359. The first-order chi connectivity index (χ1) is 23.3. The van der Waals surface area contributed by atoms with Gasteiger partial charge in [0.15, 0.2) is 0 Å². The van der Waals surface area contributed by atoms with Gasteiger partial charge < -0.3 is 24.2 Å². The van der Waals surface area contributed by atoms with Gasteiger partial charge in [0.1, 0.15) is 11.5 Å². The molecule has 1 aliphatic rings. The van der Waals surface area contributed by atoms with Gasteiger partial charge in [0, 0.05) is 37.8 Å². The zero-order chi connectivity index (χ0) is 35.7. The number of rotatable bonds is 10. The van der Waals surface area contributed by atoms with Gasteiger partial charge in [0.05, 0.1) is 52.5 Å². The number of fused-ring (bicyclic) bond motifs is 1. The topological polar surface area (TPSA) is 118 Å². The highest BCUT2D eigenvalue weighted by Crippen LogP contribution is 2.30. The first-order valence-corrected chi connectivity index (χ1v) is 18.7. The molecule has 3 aromatic carbocycles. The number of ether oxygens (including phenoxy) is 3. The molecule has 0 radical (unpaired) electrons. The molecule has 4 atom stereocenters. The number of hydrogen-bond donors (Lipinski definition) is 2. The molecule has 49 heavy (non-hydrogen) atoms. The summed E-state index contributed by atoms with van der Waals surface area (Å²) < 4.78 is 47.0. The molecular weight excluding hydrogens is 689 g/mol. The van der Waals surface area contributed by atoms with Crippen LogP contribution < -0.4 is 14.2 Å². The molecule has 2 N–H and O–H groups in total. The van der Waals surface area contributed by atoms with E-state index in [1.54, 1.807) is 42.2 Å². The molecule has 1 amide bonds. The summed E-state index contributed by atoms with van der Waals surface area (Å²) in [7, 11) is -0.467. The van der Waals surface area contributed by atoms with Gasteiger partial charge in [-0.15, -0.1) is 0 Å². The minimum atomic E-state index is -3.98. The number of nitrogens with one attached hydrogen (secondary N) is 1. The zero-order valence-corrected chi connectivity index (χ0v) is 31.0. The van der Waals surface area contributed by atoms with E-state index in [2.05, 4.69) is 9.62 Å². The van der Waals surface area contributed by atoms with Crippen LogP contribution in [0, 0.1) is 5.92 Å². The van der Waals surface area contributed by atoms with Crippen molar-refractivity contribution in [3.05, 3.63) is 81.8 Å². The van der Waals surface area contributed by atoms with Gasteiger partial charge >= 0.3 is 0 Å². The van der Waals surface area contributed by atoms with Crippen molar-refractivity contribution in [1.82, 2.24) is 9.80 Å². The maximum Gasteiger partial charge on any atom is 0.261 e. The summed E-state index contributed by atoms with van der Waals surface area (Å²) in [6, 6.07) is 15.8. The Hall–Kier alpha value is -3.06. The fourth-order valence-corrected chi connectivity index (χ4v) is 7.11. The van der Waals surface area contributed by atoms with E-state index >= 15 is 0 Å². The van der Waals surface area contributed by atoms with Crippen LogP contribution >= 0.6 is 23.2 Å². The van der Waals surface area contributed by atoms with Crippen LogP contribution in [0.2, 0.25) is 10.0 Å². The molecule has 0 bridgehead atoms. The van der Waals surface area contributed by atoms with Crippen LogP contribution in [0.3, 0.4) is 0 Å². The van der Waals surface area contributed by atoms with Crippen LogP contribution in [0.5, 0.6) is 11.5 Å². The lowest BCUT2D eigenvalue weighted by Crippen LogP contribution is -2.47. The van der Waals surface area contributed by atoms with E-state index in [-0.39, 0.29) is 53.3 Å². The predicted molar refractivity (Wildman–Crippen MR) is 193 cm³/mol. The summed E-state index contributed by atoms with van der Waals surface area (Å²) in [4.78, 5) is 18.2. The quantitative estimate of drug-likeness (QED) is 0.236. The molecule has 0 saturated carbocycles. The van der Waals surface area contributed by atoms with Gasteiger partial charge in [-0.05, 0) is 100 Å². The minimum absolute atomic E-state index is 0.0455. The zero-order valence-electron chi connectivity index (χ0n) is 28.7.